The SMILES string of the molecule is O=C[C@]1(O)O[C@@H](CO)[C@H](O)[C@@H]1O. The highest BCUT2D eigenvalue weighted by Gasteiger charge is 2.53. The molecule has 12 heavy (non-hydrogen) atoms. The Balaban J connectivity index is 2.79. The molecule has 0 saturated carbocycles. The molecule has 0 amide bonds. The molecule has 6 nitrogen and oxygen atoms in total. The van der Waals surface area contributed by atoms with Crippen molar-refractivity contribution in [3.63, 3.8) is 0 Å². The topological polar surface area (TPSA) is 107 Å². The lowest BCUT2D eigenvalue weighted by molar-refractivity contribution is -0.213. The van der Waals surface area contributed by atoms with E-state index >= 15 is 0 Å². The lowest BCUT2D eigenvalue weighted by Crippen LogP contribution is -2.44. The molecule has 0 aliphatic carbocycles. The summed E-state index contributed by atoms with van der Waals surface area (Å²) in [6, 6.07) is 0. The van der Waals surface area contributed by atoms with Crippen LogP contribution in [0, 0.1) is 0 Å². The third kappa shape index (κ3) is 1.23. The van der Waals surface area contributed by atoms with Crippen LogP contribution in [-0.2, 0) is 9.53 Å². The first kappa shape index (κ1) is 9.56. The molecule has 0 unspecified atom stereocenters. The number of carbonyl (C=O) groups excluding carboxylic acids is 1. The molecule has 0 aromatic carbocycles. The van der Waals surface area contributed by atoms with Crippen LogP contribution in [-0.4, -0.2) is 57.4 Å². The summed E-state index contributed by atoms with van der Waals surface area (Å²) in [5.41, 5.74) is 0. The van der Waals surface area contributed by atoms with E-state index in [1.807, 2.05) is 0 Å². The van der Waals surface area contributed by atoms with Crippen molar-refractivity contribution < 1.29 is 30.0 Å². The molecule has 1 heterocycles. The normalized spacial score (nSPS) is 47.8. The Morgan fingerprint density at radius 2 is 2.08 bits per heavy atom. The van der Waals surface area contributed by atoms with Gasteiger partial charge in [-0.15, -0.1) is 0 Å². The van der Waals surface area contributed by atoms with Crippen LogP contribution in [0.25, 0.3) is 0 Å². The van der Waals surface area contributed by atoms with E-state index in [0.29, 0.717) is 0 Å². The number of hydrogen-bond donors (Lipinski definition) is 4. The molecular weight excluding hydrogens is 168 g/mol. The molecule has 4 atom stereocenters. The van der Waals surface area contributed by atoms with Gasteiger partial charge in [-0.3, -0.25) is 4.79 Å². The molecule has 6 heteroatoms. The van der Waals surface area contributed by atoms with Gasteiger partial charge in [0.1, 0.15) is 18.3 Å². The predicted octanol–water partition coefficient (Wildman–Crippen LogP) is -3.01. The highest BCUT2D eigenvalue weighted by atomic mass is 16.7. The summed E-state index contributed by atoms with van der Waals surface area (Å²) in [5.74, 6) is -2.40. The van der Waals surface area contributed by atoms with E-state index in [4.69, 9.17) is 20.4 Å². The van der Waals surface area contributed by atoms with E-state index in [2.05, 4.69) is 4.74 Å². The van der Waals surface area contributed by atoms with Crippen molar-refractivity contribution >= 4 is 6.29 Å². The summed E-state index contributed by atoms with van der Waals surface area (Å²) in [6.45, 7) is -0.575. The highest BCUT2D eigenvalue weighted by molar-refractivity contribution is 5.61. The van der Waals surface area contributed by atoms with E-state index in [0.717, 1.165) is 0 Å². The predicted molar refractivity (Wildman–Crippen MR) is 35.0 cm³/mol. The van der Waals surface area contributed by atoms with Crippen LogP contribution in [0.1, 0.15) is 0 Å². The second-order valence-corrected chi connectivity index (χ2v) is 2.64. The van der Waals surface area contributed by atoms with Crippen LogP contribution >= 0.6 is 0 Å². The minimum Gasteiger partial charge on any atom is -0.394 e. The first-order chi connectivity index (χ1) is 5.55. The van der Waals surface area contributed by atoms with Crippen molar-refractivity contribution in [1.29, 1.82) is 0 Å². The lowest BCUT2D eigenvalue weighted by atomic mass is 10.1. The summed E-state index contributed by atoms with van der Waals surface area (Å²) in [6.07, 6.45) is -4.32. The van der Waals surface area contributed by atoms with Crippen molar-refractivity contribution in [2.45, 2.75) is 24.1 Å². The zero-order chi connectivity index (χ0) is 9.35. The molecule has 4 N–H and O–H groups in total. The second kappa shape index (κ2) is 3.08. The molecule has 1 aliphatic heterocycles. The Bertz CT molecular complexity index is 183. The molecule has 70 valence electrons. The zero-order valence-corrected chi connectivity index (χ0v) is 6.12. The fourth-order valence-electron chi connectivity index (χ4n) is 1.07. The van der Waals surface area contributed by atoms with Crippen molar-refractivity contribution in [2.24, 2.45) is 0 Å². The maximum absolute atomic E-state index is 10.2. The molecule has 1 fully saturated rings. The quantitative estimate of drug-likeness (QED) is 0.335. The largest absolute Gasteiger partial charge is 0.394 e. The van der Waals surface area contributed by atoms with Crippen LogP contribution in [0.5, 0.6) is 0 Å². The third-order valence-electron chi connectivity index (χ3n) is 1.82. The van der Waals surface area contributed by atoms with Crippen molar-refractivity contribution in [3.05, 3.63) is 0 Å². The number of carbonyl (C=O) groups is 1. The Kier molecular flexibility index (Phi) is 2.45. The van der Waals surface area contributed by atoms with E-state index < -0.39 is 30.7 Å². The highest BCUT2D eigenvalue weighted by Crippen LogP contribution is 2.26. The molecule has 0 aromatic heterocycles. The van der Waals surface area contributed by atoms with Gasteiger partial charge in [-0.05, 0) is 0 Å². The van der Waals surface area contributed by atoms with E-state index in [-0.39, 0.29) is 6.29 Å². The fourth-order valence-corrected chi connectivity index (χ4v) is 1.07. The summed E-state index contributed by atoms with van der Waals surface area (Å²) in [7, 11) is 0. The number of aliphatic hydroxyl groups is 4. The fraction of sp³-hybridized carbons (Fsp3) is 0.833. The maximum atomic E-state index is 10.2. The van der Waals surface area contributed by atoms with Crippen molar-refractivity contribution in [1.82, 2.24) is 0 Å². The van der Waals surface area contributed by atoms with Gasteiger partial charge in [-0.2, -0.15) is 0 Å². The average molecular weight is 178 g/mol. The smallest absolute Gasteiger partial charge is 0.253 e. The van der Waals surface area contributed by atoms with Gasteiger partial charge >= 0.3 is 0 Å². The Hall–Kier alpha value is -0.530. The molecular formula is C6H10O6. The number of hydrogen-bond acceptors (Lipinski definition) is 6. The van der Waals surface area contributed by atoms with E-state index in [1.165, 1.54) is 0 Å². The third-order valence-corrected chi connectivity index (χ3v) is 1.82. The Morgan fingerprint density at radius 3 is 2.33 bits per heavy atom. The molecule has 1 aliphatic rings. The number of rotatable bonds is 2. The van der Waals surface area contributed by atoms with Crippen LogP contribution in [0.15, 0.2) is 0 Å². The standard InChI is InChI=1S/C6H10O6/c7-1-3-4(9)5(10)6(11,2-8)12-3/h2-5,7,9-11H,1H2/t3-,4-,5-,6-/m0/s1. The van der Waals surface area contributed by atoms with Gasteiger partial charge in [0.15, 0.2) is 6.29 Å². The Morgan fingerprint density at radius 1 is 1.50 bits per heavy atom. The van der Waals surface area contributed by atoms with Gasteiger partial charge in [0, 0.05) is 0 Å². The maximum Gasteiger partial charge on any atom is 0.253 e. The zero-order valence-electron chi connectivity index (χ0n) is 6.12. The lowest BCUT2D eigenvalue weighted by Gasteiger charge is -2.17. The summed E-state index contributed by atoms with van der Waals surface area (Å²) in [5, 5.41) is 35.8. The molecule has 1 saturated heterocycles. The Labute approximate surface area is 68.0 Å². The van der Waals surface area contributed by atoms with Gasteiger partial charge in [-0.25, -0.2) is 0 Å². The first-order valence-electron chi connectivity index (χ1n) is 3.38. The van der Waals surface area contributed by atoms with Crippen LogP contribution < -0.4 is 0 Å². The summed E-state index contributed by atoms with van der Waals surface area (Å²) >= 11 is 0. The molecule has 0 aromatic rings. The molecule has 0 bridgehead atoms. The van der Waals surface area contributed by atoms with Gasteiger partial charge in [-0.1, -0.05) is 0 Å². The van der Waals surface area contributed by atoms with Gasteiger partial charge in [0.25, 0.3) is 5.79 Å². The monoisotopic (exact) mass is 178 g/mol. The van der Waals surface area contributed by atoms with E-state index in [9.17, 15) is 4.79 Å². The summed E-state index contributed by atoms with van der Waals surface area (Å²) < 4.78 is 4.51. The first-order valence-corrected chi connectivity index (χ1v) is 3.38. The molecule has 1 rings (SSSR count). The van der Waals surface area contributed by atoms with Gasteiger partial charge in [0.2, 0.25) is 0 Å². The van der Waals surface area contributed by atoms with Crippen molar-refractivity contribution in [3.8, 4) is 0 Å². The number of ether oxygens (including phenoxy) is 1. The second-order valence-electron chi connectivity index (χ2n) is 2.64. The van der Waals surface area contributed by atoms with Crippen LogP contribution in [0.2, 0.25) is 0 Å². The van der Waals surface area contributed by atoms with Gasteiger partial charge in [0.05, 0.1) is 6.61 Å². The minimum atomic E-state index is -2.40. The van der Waals surface area contributed by atoms with Crippen LogP contribution in [0.4, 0.5) is 0 Å². The average Bonchev–Trinajstić information content (AvgIpc) is 2.31. The number of aldehydes is 1. The van der Waals surface area contributed by atoms with Crippen LogP contribution in [0.3, 0.4) is 0 Å². The summed E-state index contributed by atoms with van der Waals surface area (Å²) in [4.78, 5) is 10.2. The number of aliphatic hydroxyl groups excluding tert-OH is 3. The van der Waals surface area contributed by atoms with Gasteiger partial charge < -0.3 is 25.2 Å². The minimum absolute atomic E-state index is 0.0173. The molecule has 0 radical (unpaired) electrons. The van der Waals surface area contributed by atoms with E-state index in [1.54, 1.807) is 0 Å². The van der Waals surface area contributed by atoms with Crippen molar-refractivity contribution in [2.75, 3.05) is 6.61 Å². The molecule has 0 spiro atoms.